The summed E-state index contributed by atoms with van der Waals surface area (Å²) < 4.78 is 5.75. The van der Waals surface area contributed by atoms with Crippen LogP contribution in [0, 0.1) is 0 Å². The van der Waals surface area contributed by atoms with E-state index in [0.717, 1.165) is 17.1 Å². The molecule has 1 aromatic heterocycles. The van der Waals surface area contributed by atoms with Crippen LogP contribution < -0.4 is 10.1 Å². The van der Waals surface area contributed by atoms with Gasteiger partial charge >= 0.3 is 0 Å². The fourth-order valence-electron chi connectivity index (χ4n) is 1.66. The van der Waals surface area contributed by atoms with Gasteiger partial charge in [0.15, 0.2) is 0 Å². The zero-order valence-corrected chi connectivity index (χ0v) is 11.8. The van der Waals surface area contributed by atoms with Gasteiger partial charge in [-0.2, -0.15) is 0 Å². The number of alkyl halides is 1. The first-order valence-electron chi connectivity index (χ1n) is 6.39. The number of hydrogen-bond acceptors (Lipinski definition) is 4. The third kappa shape index (κ3) is 4.40. The highest BCUT2D eigenvalue weighted by atomic mass is 35.5. The van der Waals surface area contributed by atoms with Crippen molar-refractivity contribution >= 4 is 17.3 Å². The molecule has 20 heavy (non-hydrogen) atoms. The number of ether oxygens (including phenoxy) is 1. The number of aliphatic hydroxyl groups is 1. The lowest BCUT2D eigenvalue weighted by Gasteiger charge is -2.14. The number of halogens is 1. The predicted molar refractivity (Wildman–Crippen MR) is 80.2 cm³/mol. The number of hydrogen-bond donors (Lipinski definition) is 2. The Hall–Kier alpha value is -1.78. The smallest absolute Gasteiger partial charge is 0.142 e. The Morgan fingerprint density at radius 2 is 2.00 bits per heavy atom. The molecule has 0 aliphatic heterocycles. The molecule has 2 aromatic rings. The van der Waals surface area contributed by atoms with Gasteiger partial charge in [-0.25, -0.2) is 0 Å². The van der Waals surface area contributed by atoms with E-state index in [2.05, 4.69) is 10.3 Å². The molecule has 0 saturated heterocycles. The Balaban J connectivity index is 1.97. The molecule has 1 atom stereocenters. The average molecular weight is 293 g/mol. The molecule has 0 fully saturated rings. The summed E-state index contributed by atoms with van der Waals surface area (Å²) in [5.41, 5.74) is 1.69. The number of pyridine rings is 1. The molecule has 106 valence electrons. The minimum atomic E-state index is -0.583. The zero-order valence-electron chi connectivity index (χ0n) is 11.0. The van der Waals surface area contributed by atoms with Crippen molar-refractivity contribution in [2.24, 2.45) is 0 Å². The highest BCUT2D eigenvalue weighted by Gasteiger charge is 2.06. The number of aromatic nitrogens is 1. The van der Waals surface area contributed by atoms with E-state index in [0.29, 0.717) is 13.2 Å². The molecule has 1 heterocycles. The number of aliphatic hydroxyl groups excluding tert-OH is 1. The van der Waals surface area contributed by atoms with Crippen molar-refractivity contribution < 1.29 is 9.84 Å². The van der Waals surface area contributed by atoms with E-state index in [4.69, 9.17) is 16.3 Å². The fourth-order valence-corrected chi connectivity index (χ4v) is 1.77. The third-order valence-electron chi connectivity index (χ3n) is 2.70. The van der Waals surface area contributed by atoms with Gasteiger partial charge in [0.2, 0.25) is 0 Å². The molecule has 2 N–H and O–H groups in total. The number of rotatable bonds is 7. The summed E-state index contributed by atoms with van der Waals surface area (Å²) in [6, 6.07) is 13.3. The predicted octanol–water partition coefficient (Wildman–Crippen LogP) is 2.67. The zero-order chi connectivity index (χ0) is 14.2. The topological polar surface area (TPSA) is 54.4 Å². The van der Waals surface area contributed by atoms with Crippen molar-refractivity contribution in [1.29, 1.82) is 0 Å². The van der Waals surface area contributed by atoms with Crippen LogP contribution in [0.2, 0.25) is 0 Å². The number of nitrogens with zero attached hydrogens (tertiary/aromatic N) is 1. The number of para-hydroxylation sites is 2. The first kappa shape index (κ1) is 14.6. The van der Waals surface area contributed by atoms with Gasteiger partial charge in [0.1, 0.15) is 12.4 Å². The van der Waals surface area contributed by atoms with E-state index in [-0.39, 0.29) is 5.88 Å². The number of anilines is 1. The molecule has 1 unspecified atom stereocenters. The van der Waals surface area contributed by atoms with Crippen LogP contribution in [-0.2, 0) is 6.61 Å². The second-order valence-electron chi connectivity index (χ2n) is 4.29. The van der Waals surface area contributed by atoms with E-state index < -0.39 is 6.10 Å². The van der Waals surface area contributed by atoms with Crippen LogP contribution in [0.1, 0.15) is 5.69 Å². The molecular weight excluding hydrogens is 276 g/mol. The lowest BCUT2D eigenvalue weighted by atomic mass is 10.2. The minimum absolute atomic E-state index is 0.198. The van der Waals surface area contributed by atoms with Gasteiger partial charge in [-0.05, 0) is 24.3 Å². The molecule has 0 spiro atoms. The molecule has 0 amide bonds. The number of nitrogens with one attached hydrogen (secondary N) is 1. The van der Waals surface area contributed by atoms with Crippen LogP contribution in [0.25, 0.3) is 0 Å². The highest BCUT2D eigenvalue weighted by Crippen LogP contribution is 2.24. The van der Waals surface area contributed by atoms with E-state index in [1.54, 1.807) is 6.20 Å². The Labute approximate surface area is 123 Å². The summed E-state index contributed by atoms with van der Waals surface area (Å²) in [6.07, 6.45) is 1.15. The quantitative estimate of drug-likeness (QED) is 0.771. The van der Waals surface area contributed by atoms with E-state index >= 15 is 0 Å². The van der Waals surface area contributed by atoms with E-state index in [9.17, 15) is 5.11 Å². The average Bonchev–Trinajstić information content (AvgIpc) is 2.52. The first-order chi connectivity index (χ1) is 9.79. The van der Waals surface area contributed by atoms with Gasteiger partial charge in [0.25, 0.3) is 0 Å². The van der Waals surface area contributed by atoms with Crippen LogP contribution in [0.5, 0.6) is 5.75 Å². The lowest BCUT2D eigenvalue weighted by molar-refractivity contribution is 0.211. The monoisotopic (exact) mass is 292 g/mol. The maximum absolute atomic E-state index is 9.47. The Morgan fingerprint density at radius 3 is 2.75 bits per heavy atom. The summed E-state index contributed by atoms with van der Waals surface area (Å²) in [5, 5.41) is 12.6. The molecule has 4 nitrogen and oxygen atoms in total. The highest BCUT2D eigenvalue weighted by molar-refractivity contribution is 6.18. The van der Waals surface area contributed by atoms with Gasteiger partial charge < -0.3 is 15.2 Å². The van der Waals surface area contributed by atoms with Crippen molar-refractivity contribution in [2.45, 2.75) is 12.7 Å². The maximum atomic E-state index is 9.47. The summed E-state index contributed by atoms with van der Waals surface area (Å²) in [7, 11) is 0. The van der Waals surface area contributed by atoms with Crippen LogP contribution in [0.3, 0.4) is 0 Å². The molecule has 1 aromatic carbocycles. The molecular formula is C15H17ClN2O2. The molecule has 2 rings (SSSR count). The fraction of sp³-hybridized carbons (Fsp3) is 0.267. The van der Waals surface area contributed by atoms with Crippen molar-refractivity contribution in [3.8, 4) is 5.75 Å². The summed E-state index contributed by atoms with van der Waals surface area (Å²) >= 11 is 5.57. The number of benzene rings is 1. The standard InChI is InChI=1S/C15H17ClN2O2/c16-9-13(19)10-18-14-6-1-2-7-15(14)20-11-12-5-3-4-8-17-12/h1-8,13,18-19H,9-11H2. The molecule has 5 heteroatoms. The Morgan fingerprint density at radius 1 is 1.20 bits per heavy atom. The van der Waals surface area contributed by atoms with E-state index in [1.165, 1.54) is 0 Å². The maximum Gasteiger partial charge on any atom is 0.142 e. The van der Waals surface area contributed by atoms with Gasteiger partial charge in [-0.3, -0.25) is 4.98 Å². The molecule has 0 bridgehead atoms. The Bertz CT molecular complexity index is 522. The molecule has 0 saturated carbocycles. The van der Waals surface area contributed by atoms with Gasteiger partial charge in [0, 0.05) is 12.7 Å². The van der Waals surface area contributed by atoms with Crippen LogP contribution in [-0.4, -0.2) is 28.6 Å². The van der Waals surface area contributed by atoms with Gasteiger partial charge in [0.05, 0.1) is 23.4 Å². The molecule has 0 aliphatic rings. The van der Waals surface area contributed by atoms with E-state index in [1.807, 2.05) is 42.5 Å². The van der Waals surface area contributed by atoms with Crippen molar-refractivity contribution in [3.63, 3.8) is 0 Å². The largest absolute Gasteiger partial charge is 0.485 e. The second kappa shape index (κ2) is 7.72. The van der Waals surface area contributed by atoms with Crippen molar-refractivity contribution in [3.05, 3.63) is 54.4 Å². The van der Waals surface area contributed by atoms with Crippen LogP contribution in [0.15, 0.2) is 48.7 Å². The van der Waals surface area contributed by atoms with Crippen molar-refractivity contribution in [1.82, 2.24) is 4.98 Å². The summed E-state index contributed by atoms with van der Waals surface area (Å²) in [6.45, 7) is 0.783. The van der Waals surface area contributed by atoms with Crippen LogP contribution >= 0.6 is 11.6 Å². The third-order valence-corrected chi connectivity index (χ3v) is 3.05. The summed E-state index contributed by atoms with van der Waals surface area (Å²) in [4.78, 5) is 4.21. The van der Waals surface area contributed by atoms with Gasteiger partial charge in [-0.15, -0.1) is 11.6 Å². The summed E-state index contributed by atoms with van der Waals surface area (Å²) in [5.74, 6) is 0.921. The van der Waals surface area contributed by atoms with Crippen molar-refractivity contribution in [2.75, 3.05) is 17.7 Å². The first-order valence-corrected chi connectivity index (χ1v) is 6.92. The normalized spacial score (nSPS) is 11.9. The van der Waals surface area contributed by atoms with Crippen LogP contribution in [0.4, 0.5) is 5.69 Å². The molecule has 0 radical (unpaired) electrons. The molecule has 0 aliphatic carbocycles. The Kier molecular flexibility index (Phi) is 5.65. The van der Waals surface area contributed by atoms with Gasteiger partial charge in [-0.1, -0.05) is 18.2 Å². The second-order valence-corrected chi connectivity index (χ2v) is 4.60. The lowest BCUT2D eigenvalue weighted by Crippen LogP contribution is -2.21. The SMILES string of the molecule is OC(CCl)CNc1ccccc1OCc1ccccn1. The minimum Gasteiger partial charge on any atom is -0.485 e.